The molecule has 2 rings (SSSR count). The number of guanidine groups is 1. The molecular formula is C20H33IN4O. The van der Waals surface area contributed by atoms with Crippen LogP contribution in [-0.2, 0) is 17.6 Å². The number of rotatable bonds is 6. The third-order valence-corrected chi connectivity index (χ3v) is 4.57. The second-order valence-electron chi connectivity index (χ2n) is 7.42. The molecule has 1 amide bonds. The lowest BCUT2D eigenvalue weighted by Gasteiger charge is -2.27. The number of amides is 1. The highest BCUT2D eigenvalue weighted by atomic mass is 127. The number of fused-ring (bicyclic) bond motifs is 1. The molecular weight excluding hydrogens is 439 g/mol. The van der Waals surface area contributed by atoms with Crippen molar-refractivity contribution in [3.63, 3.8) is 0 Å². The molecule has 2 N–H and O–H groups in total. The standard InChI is InChI=1S/C20H32N4O.HI/c1-15(2)11-12-21-20(22-14-19(25)24(3)4)23-18-10-9-16-7-5-6-8-17(16)13-18;/h5-8,15,18H,9-14H2,1-4H3,(H2,21,22,23);1H. The van der Waals surface area contributed by atoms with Crippen molar-refractivity contribution in [2.24, 2.45) is 10.9 Å². The third kappa shape index (κ3) is 7.51. The second-order valence-corrected chi connectivity index (χ2v) is 7.42. The first-order chi connectivity index (χ1) is 12.0. The molecule has 1 aliphatic rings. The fourth-order valence-electron chi connectivity index (χ4n) is 2.93. The van der Waals surface area contributed by atoms with Crippen LogP contribution in [0.2, 0.25) is 0 Å². The number of carbonyl (C=O) groups is 1. The quantitative estimate of drug-likeness (QED) is 0.381. The number of hydrogen-bond acceptors (Lipinski definition) is 2. The highest BCUT2D eigenvalue weighted by Gasteiger charge is 2.19. The Morgan fingerprint density at radius 1 is 1.27 bits per heavy atom. The summed E-state index contributed by atoms with van der Waals surface area (Å²) in [7, 11) is 3.52. The molecule has 1 aromatic carbocycles. The fourth-order valence-corrected chi connectivity index (χ4v) is 2.93. The van der Waals surface area contributed by atoms with Crippen LogP contribution in [-0.4, -0.2) is 50.0 Å². The Labute approximate surface area is 175 Å². The van der Waals surface area contributed by atoms with Crippen molar-refractivity contribution in [2.45, 2.75) is 45.6 Å². The normalized spacial score (nSPS) is 16.5. The van der Waals surface area contributed by atoms with E-state index in [0.29, 0.717) is 12.0 Å². The SMILES string of the molecule is CC(C)CCNC(=NCC(=O)N(C)C)NC1CCc2ccccc2C1.I. The molecule has 5 nitrogen and oxygen atoms in total. The summed E-state index contributed by atoms with van der Waals surface area (Å²) in [6.07, 6.45) is 4.26. The van der Waals surface area contributed by atoms with E-state index in [2.05, 4.69) is 53.7 Å². The molecule has 0 fully saturated rings. The Hall–Kier alpha value is -1.31. The Balaban J connectivity index is 0.00000338. The van der Waals surface area contributed by atoms with Crippen LogP contribution in [0.4, 0.5) is 0 Å². The summed E-state index contributed by atoms with van der Waals surface area (Å²) in [5, 5.41) is 6.92. The molecule has 1 atom stereocenters. The summed E-state index contributed by atoms with van der Waals surface area (Å²) >= 11 is 0. The van der Waals surface area contributed by atoms with E-state index < -0.39 is 0 Å². The average Bonchev–Trinajstić information content (AvgIpc) is 2.58. The van der Waals surface area contributed by atoms with Gasteiger partial charge in [0, 0.05) is 26.7 Å². The zero-order valence-electron chi connectivity index (χ0n) is 16.4. The fraction of sp³-hybridized carbons (Fsp3) is 0.600. The first-order valence-corrected chi connectivity index (χ1v) is 9.27. The van der Waals surface area contributed by atoms with Crippen LogP contribution in [0.15, 0.2) is 29.3 Å². The van der Waals surface area contributed by atoms with Crippen LogP contribution >= 0.6 is 24.0 Å². The molecule has 0 aliphatic heterocycles. The minimum Gasteiger partial charge on any atom is -0.356 e. The molecule has 1 aromatic rings. The number of likely N-dealkylation sites (N-methyl/N-ethyl adjacent to an activating group) is 1. The maximum atomic E-state index is 11.8. The highest BCUT2D eigenvalue weighted by Crippen LogP contribution is 2.20. The molecule has 0 aromatic heterocycles. The predicted molar refractivity (Wildman–Crippen MR) is 119 cm³/mol. The van der Waals surface area contributed by atoms with Gasteiger partial charge in [-0.15, -0.1) is 24.0 Å². The Morgan fingerprint density at radius 3 is 2.62 bits per heavy atom. The lowest BCUT2D eigenvalue weighted by atomic mass is 9.88. The topological polar surface area (TPSA) is 56.7 Å². The van der Waals surface area contributed by atoms with E-state index in [1.165, 1.54) is 11.1 Å². The van der Waals surface area contributed by atoms with Crippen LogP contribution in [0.1, 0.15) is 37.8 Å². The van der Waals surface area contributed by atoms with Crippen LogP contribution in [0, 0.1) is 5.92 Å². The van der Waals surface area contributed by atoms with Crippen molar-refractivity contribution >= 4 is 35.8 Å². The minimum atomic E-state index is 0. The molecule has 0 saturated carbocycles. The van der Waals surface area contributed by atoms with Crippen LogP contribution in [0.5, 0.6) is 0 Å². The molecule has 26 heavy (non-hydrogen) atoms. The number of nitrogens with zero attached hydrogens (tertiary/aromatic N) is 2. The van der Waals surface area contributed by atoms with E-state index in [4.69, 9.17) is 0 Å². The molecule has 0 heterocycles. The Kier molecular flexibility index (Phi) is 9.98. The number of nitrogens with one attached hydrogen (secondary N) is 2. The molecule has 0 radical (unpaired) electrons. The number of hydrogen-bond donors (Lipinski definition) is 2. The van der Waals surface area contributed by atoms with Gasteiger partial charge in [-0.3, -0.25) is 4.79 Å². The smallest absolute Gasteiger partial charge is 0.243 e. The van der Waals surface area contributed by atoms with E-state index in [1.54, 1.807) is 19.0 Å². The molecule has 6 heteroatoms. The Bertz CT molecular complexity index is 601. The summed E-state index contributed by atoms with van der Waals surface area (Å²) in [6, 6.07) is 9.00. The third-order valence-electron chi connectivity index (χ3n) is 4.57. The summed E-state index contributed by atoms with van der Waals surface area (Å²) in [6.45, 7) is 5.45. The number of halogens is 1. The number of aryl methyl sites for hydroxylation is 1. The van der Waals surface area contributed by atoms with Crippen molar-refractivity contribution in [1.82, 2.24) is 15.5 Å². The van der Waals surface area contributed by atoms with Gasteiger partial charge in [-0.2, -0.15) is 0 Å². The summed E-state index contributed by atoms with van der Waals surface area (Å²) in [5.74, 6) is 1.40. The second kappa shape index (κ2) is 11.4. The maximum Gasteiger partial charge on any atom is 0.243 e. The van der Waals surface area contributed by atoms with Gasteiger partial charge in [0.25, 0.3) is 0 Å². The number of carbonyl (C=O) groups excluding carboxylic acids is 1. The van der Waals surface area contributed by atoms with E-state index in [0.717, 1.165) is 38.2 Å². The number of benzene rings is 1. The van der Waals surface area contributed by atoms with E-state index in [-0.39, 0.29) is 36.4 Å². The van der Waals surface area contributed by atoms with E-state index >= 15 is 0 Å². The van der Waals surface area contributed by atoms with E-state index in [1.807, 2.05) is 0 Å². The van der Waals surface area contributed by atoms with Crippen molar-refractivity contribution in [3.8, 4) is 0 Å². The molecule has 0 spiro atoms. The van der Waals surface area contributed by atoms with Gasteiger partial charge in [0.2, 0.25) is 5.91 Å². The zero-order chi connectivity index (χ0) is 18.2. The summed E-state index contributed by atoms with van der Waals surface area (Å²) in [4.78, 5) is 17.9. The number of aliphatic imine (C=N–C) groups is 1. The molecule has 0 saturated heterocycles. The molecule has 0 bridgehead atoms. The predicted octanol–water partition coefficient (Wildman–Crippen LogP) is 2.83. The molecule has 1 aliphatic carbocycles. The molecule has 1 unspecified atom stereocenters. The summed E-state index contributed by atoms with van der Waals surface area (Å²) in [5.41, 5.74) is 2.87. The van der Waals surface area contributed by atoms with Gasteiger partial charge in [-0.25, -0.2) is 4.99 Å². The van der Waals surface area contributed by atoms with Gasteiger partial charge in [-0.05, 0) is 42.7 Å². The van der Waals surface area contributed by atoms with Crippen molar-refractivity contribution < 1.29 is 4.79 Å². The lowest BCUT2D eigenvalue weighted by Crippen LogP contribution is -2.46. The van der Waals surface area contributed by atoms with Crippen molar-refractivity contribution in [1.29, 1.82) is 0 Å². The van der Waals surface area contributed by atoms with Crippen LogP contribution in [0.25, 0.3) is 0 Å². The van der Waals surface area contributed by atoms with Gasteiger partial charge in [-0.1, -0.05) is 38.1 Å². The Morgan fingerprint density at radius 2 is 1.96 bits per heavy atom. The average molecular weight is 472 g/mol. The highest BCUT2D eigenvalue weighted by molar-refractivity contribution is 14.0. The largest absolute Gasteiger partial charge is 0.356 e. The van der Waals surface area contributed by atoms with Crippen molar-refractivity contribution in [2.75, 3.05) is 27.2 Å². The van der Waals surface area contributed by atoms with Crippen molar-refractivity contribution in [3.05, 3.63) is 35.4 Å². The summed E-state index contributed by atoms with van der Waals surface area (Å²) < 4.78 is 0. The lowest BCUT2D eigenvalue weighted by molar-refractivity contribution is -0.127. The first kappa shape index (κ1) is 22.7. The molecule has 146 valence electrons. The zero-order valence-corrected chi connectivity index (χ0v) is 18.7. The van der Waals surface area contributed by atoms with Gasteiger partial charge >= 0.3 is 0 Å². The van der Waals surface area contributed by atoms with Crippen LogP contribution < -0.4 is 10.6 Å². The maximum absolute atomic E-state index is 11.8. The minimum absolute atomic E-state index is 0. The van der Waals surface area contributed by atoms with Crippen LogP contribution in [0.3, 0.4) is 0 Å². The first-order valence-electron chi connectivity index (χ1n) is 9.27. The van der Waals surface area contributed by atoms with E-state index in [9.17, 15) is 4.79 Å². The van der Waals surface area contributed by atoms with Gasteiger partial charge < -0.3 is 15.5 Å². The van der Waals surface area contributed by atoms with Gasteiger partial charge in [0.1, 0.15) is 6.54 Å². The van der Waals surface area contributed by atoms with Gasteiger partial charge in [0.15, 0.2) is 5.96 Å². The monoisotopic (exact) mass is 472 g/mol. The van der Waals surface area contributed by atoms with Gasteiger partial charge in [0.05, 0.1) is 0 Å².